The van der Waals surface area contributed by atoms with E-state index < -0.39 is 97.4 Å². The number of imidazole rings is 1. The standard InChI is InChI=1S/C61H58N3O.Pt/c1-39-33-52(42-25-29-47(30-26-42)60(5,6)7)55(38-51(39)41-17-12-11-13-18-41)64-54-21-16-20-49(57(54)63-58(64)50-19-14-15-22-56(50)65)44-34-45(36-48(35-44)61(8,9)10)53-37-43(31-32-62-53)40-23-27-46(28-24-40)59(2,3)4;/h11-33,35-38,65H,1-10H3;/q-1;/i1D3,2D3,3D3,4D3,23D,24D,27D,28D,31D,32D,37D;. The van der Waals surface area contributed by atoms with E-state index in [1.54, 1.807) is 42.5 Å². The number of para-hydroxylation sites is 2. The Labute approximate surface area is 432 Å². The van der Waals surface area contributed by atoms with Gasteiger partial charge in [0.1, 0.15) is 11.6 Å². The molecule has 2 aromatic heterocycles. The number of rotatable bonds is 7. The molecule has 0 saturated carbocycles. The van der Waals surface area contributed by atoms with Gasteiger partial charge in [-0.25, -0.2) is 4.98 Å². The van der Waals surface area contributed by atoms with Gasteiger partial charge in [0.2, 0.25) is 0 Å². The van der Waals surface area contributed by atoms with Crippen molar-refractivity contribution in [2.45, 2.75) is 85.2 Å². The van der Waals surface area contributed by atoms with Gasteiger partial charge in [0.05, 0.1) is 31.9 Å². The maximum absolute atomic E-state index is 11.7. The van der Waals surface area contributed by atoms with E-state index in [0.29, 0.717) is 61.2 Å². The van der Waals surface area contributed by atoms with Gasteiger partial charge in [0.25, 0.3) is 0 Å². The SMILES string of the molecule is [2H]c1nc(-c2[c-]c(-c3cccc4c3nc(-c3ccccc3O)n4-c3cc(-c4ccccc4)c(C([2H])([2H])[2H])cc3-c3ccc(C(C)(C)C)cc3)cc(C(C)(C)C)c2)c([2H])c(-c2c([2H])c([2H])c(C(C([2H])([2H])[2H])(C([2H])([2H])[2H])C([2H])([2H])[2H])c([2H])c2[2H])c1[2H].[Pt]. The van der Waals surface area contributed by atoms with Crippen LogP contribution in [0, 0.1) is 12.9 Å². The molecule has 0 aliphatic heterocycles. The fourth-order valence-corrected chi connectivity index (χ4v) is 7.89. The molecule has 0 atom stereocenters. The minimum absolute atomic E-state index is 0. The van der Waals surface area contributed by atoms with Crippen LogP contribution in [0.25, 0.3) is 83.9 Å². The molecule has 0 aliphatic carbocycles. The van der Waals surface area contributed by atoms with Gasteiger partial charge in [-0.05, 0) is 104 Å². The summed E-state index contributed by atoms with van der Waals surface area (Å²) < 4.78 is 167. The Kier molecular flexibility index (Phi) is 7.54. The molecule has 0 fully saturated rings. The number of benzene rings is 7. The summed E-state index contributed by atoms with van der Waals surface area (Å²) >= 11 is 0. The summed E-state index contributed by atoms with van der Waals surface area (Å²) in [5.41, 5.74) is -1.21. The number of hydrogen-bond acceptors (Lipinski definition) is 3. The average Bonchev–Trinajstić information content (AvgIpc) is 0.977. The number of pyridine rings is 1. The normalized spacial score (nSPS) is 17.0. The number of fused-ring (bicyclic) bond motifs is 1. The molecule has 1 N–H and O–H groups in total. The number of phenolic OH excluding ortho intramolecular Hbond substituents is 1. The monoisotopic (exact) mass is 1060 g/mol. The van der Waals surface area contributed by atoms with Crippen LogP contribution in [0.4, 0.5) is 0 Å². The maximum Gasteiger partial charge on any atom is 0.148 e. The van der Waals surface area contributed by atoms with Gasteiger partial charge < -0.3 is 5.11 Å². The van der Waals surface area contributed by atoms with Gasteiger partial charge in [-0.3, -0.25) is 9.55 Å². The van der Waals surface area contributed by atoms with Crippen LogP contribution in [0.5, 0.6) is 5.75 Å². The van der Waals surface area contributed by atoms with Crippen molar-refractivity contribution in [1.82, 2.24) is 14.5 Å². The third-order valence-electron chi connectivity index (χ3n) is 11.5. The molecule has 4 nitrogen and oxygen atoms in total. The fraction of sp³-hybridized carbons (Fsp3) is 0.213. The van der Waals surface area contributed by atoms with Crippen LogP contribution in [-0.2, 0) is 37.3 Å². The zero-order valence-corrected chi connectivity index (χ0v) is 39.4. The van der Waals surface area contributed by atoms with Crippen molar-refractivity contribution in [3.8, 4) is 78.6 Å². The predicted octanol–water partition coefficient (Wildman–Crippen LogP) is 16.1. The van der Waals surface area contributed by atoms with Crippen LogP contribution < -0.4 is 0 Å². The number of aromatic nitrogens is 3. The molecule has 0 aliphatic rings. The zero-order valence-electron chi connectivity index (χ0n) is 56.2. The topological polar surface area (TPSA) is 50.9 Å². The smallest absolute Gasteiger partial charge is 0.148 e. The Morgan fingerprint density at radius 1 is 0.576 bits per heavy atom. The van der Waals surface area contributed by atoms with E-state index in [1.807, 2.05) is 98.1 Å². The van der Waals surface area contributed by atoms with Gasteiger partial charge in [-0.1, -0.05) is 182 Å². The molecule has 334 valence electrons. The molecule has 9 rings (SSSR count). The molecular weight excluding hydrogens is 986 g/mol. The van der Waals surface area contributed by atoms with Crippen LogP contribution in [0.1, 0.15) is 110 Å². The number of hydrogen-bond donors (Lipinski definition) is 1. The second-order valence-corrected chi connectivity index (χ2v) is 18.2. The van der Waals surface area contributed by atoms with Gasteiger partial charge in [-0.2, -0.15) is 0 Å². The van der Waals surface area contributed by atoms with Crippen LogP contribution in [0.15, 0.2) is 164 Å². The Morgan fingerprint density at radius 3 is 1.92 bits per heavy atom. The first kappa shape index (κ1) is 28.0. The van der Waals surface area contributed by atoms with E-state index in [-0.39, 0.29) is 54.9 Å². The van der Waals surface area contributed by atoms with Gasteiger partial charge in [0, 0.05) is 54.9 Å². The van der Waals surface area contributed by atoms with Gasteiger partial charge in [0.15, 0.2) is 0 Å². The second-order valence-electron chi connectivity index (χ2n) is 18.2. The van der Waals surface area contributed by atoms with Crippen molar-refractivity contribution in [1.29, 1.82) is 0 Å². The molecule has 2 heterocycles. The Balaban J connectivity index is 0.00000940. The van der Waals surface area contributed by atoms with Crippen LogP contribution in [0.2, 0.25) is 0 Å². The third-order valence-corrected chi connectivity index (χ3v) is 11.5. The third kappa shape index (κ3) is 9.09. The first-order chi connectivity index (χ1) is 38.8. The quantitative estimate of drug-likeness (QED) is 0.162. The van der Waals surface area contributed by atoms with Crippen LogP contribution in [0.3, 0.4) is 0 Å². The van der Waals surface area contributed by atoms with Crippen molar-refractivity contribution in [2.75, 3.05) is 0 Å². The van der Waals surface area contributed by atoms with E-state index in [2.05, 4.69) is 31.8 Å². The van der Waals surface area contributed by atoms with E-state index in [0.717, 1.165) is 5.56 Å². The summed E-state index contributed by atoms with van der Waals surface area (Å²) in [5.74, 6) is 0.175. The van der Waals surface area contributed by atoms with Crippen molar-refractivity contribution in [3.63, 3.8) is 0 Å². The first-order valence-electron chi connectivity index (χ1n) is 30.7. The first-order valence-corrected chi connectivity index (χ1v) is 21.2. The van der Waals surface area contributed by atoms with Crippen LogP contribution >= 0.6 is 0 Å². The molecule has 66 heavy (non-hydrogen) atoms. The molecule has 0 saturated heterocycles. The van der Waals surface area contributed by atoms with E-state index >= 15 is 0 Å². The maximum atomic E-state index is 11.7. The molecule has 0 amide bonds. The average molecular weight is 1060 g/mol. The number of aryl methyl sites for hydroxylation is 1. The number of aromatic hydroxyl groups is 1. The van der Waals surface area contributed by atoms with Crippen molar-refractivity contribution in [2.24, 2.45) is 0 Å². The molecule has 5 heteroatoms. The van der Waals surface area contributed by atoms with Crippen LogP contribution in [-0.4, -0.2) is 19.6 Å². The summed E-state index contributed by atoms with van der Waals surface area (Å²) in [6.45, 7) is -2.34. The van der Waals surface area contributed by atoms with E-state index in [1.165, 1.54) is 6.07 Å². The number of nitrogens with zero attached hydrogens (tertiary/aromatic N) is 3. The molecule has 9 aromatic rings. The Bertz CT molecular complexity index is 4010. The minimum Gasteiger partial charge on any atom is -0.507 e. The largest absolute Gasteiger partial charge is 0.507 e. The molecule has 7 aromatic carbocycles. The zero-order chi connectivity index (χ0) is 61.9. The minimum atomic E-state index is -3.95. The van der Waals surface area contributed by atoms with Crippen molar-refractivity contribution < 1.29 is 52.2 Å². The van der Waals surface area contributed by atoms with Crippen molar-refractivity contribution >= 4 is 11.0 Å². The van der Waals surface area contributed by atoms with Crippen molar-refractivity contribution in [3.05, 3.63) is 192 Å². The summed E-state index contributed by atoms with van der Waals surface area (Å²) in [4.78, 5) is 9.69. The molecular formula is C61H58N3OPt-. The van der Waals surface area contributed by atoms with E-state index in [4.69, 9.17) is 26.9 Å². The summed E-state index contributed by atoms with van der Waals surface area (Å²) in [5, 5.41) is 11.7. The molecule has 0 spiro atoms. The summed E-state index contributed by atoms with van der Waals surface area (Å²) in [6, 6.07) is 33.1. The Hall–Kier alpha value is -6.35. The summed E-state index contributed by atoms with van der Waals surface area (Å²) in [6.07, 6.45) is -0.786. The predicted molar refractivity (Wildman–Crippen MR) is 273 cm³/mol. The molecule has 0 bridgehead atoms. The summed E-state index contributed by atoms with van der Waals surface area (Å²) in [7, 11) is 0. The molecule has 0 radical (unpaired) electrons. The van der Waals surface area contributed by atoms with E-state index in [9.17, 15) is 9.22 Å². The van der Waals surface area contributed by atoms with Gasteiger partial charge in [-0.15, -0.1) is 29.3 Å². The van der Waals surface area contributed by atoms with Gasteiger partial charge >= 0.3 is 0 Å². The fourth-order valence-electron chi connectivity index (χ4n) is 7.89. The molecule has 0 unspecified atom stereocenters. The number of phenols is 1. The second kappa shape index (κ2) is 17.8. The Morgan fingerprint density at radius 2 is 1.24 bits per heavy atom.